The van der Waals surface area contributed by atoms with Gasteiger partial charge in [0.2, 0.25) is 0 Å². The van der Waals surface area contributed by atoms with Crippen molar-refractivity contribution in [1.82, 2.24) is 9.97 Å². The molecule has 3 N–H and O–H groups in total. The third kappa shape index (κ3) is 1.86. The van der Waals surface area contributed by atoms with Gasteiger partial charge in [0, 0.05) is 11.3 Å². The number of nitrogens with two attached hydrogens (primary N) is 1. The predicted molar refractivity (Wildman–Crippen MR) is 62.6 cm³/mol. The van der Waals surface area contributed by atoms with Crippen LogP contribution in [0.2, 0.25) is 0 Å². The van der Waals surface area contributed by atoms with Crippen LogP contribution in [0, 0.1) is 6.92 Å². The smallest absolute Gasteiger partial charge is 0.198 e. The van der Waals surface area contributed by atoms with Crippen molar-refractivity contribution in [3.8, 4) is 11.3 Å². The van der Waals surface area contributed by atoms with Gasteiger partial charge in [-0.05, 0) is 13.3 Å². The minimum absolute atomic E-state index is 0.488. The molecular weight excluding hydrogens is 186 g/mol. The average molecular weight is 201 g/mol. The number of nitrogens with one attached hydrogen (secondary N) is 1. The number of imidazole rings is 1. The van der Waals surface area contributed by atoms with E-state index < -0.39 is 0 Å². The van der Waals surface area contributed by atoms with E-state index in [4.69, 9.17) is 5.73 Å². The Morgan fingerprint density at radius 3 is 2.53 bits per heavy atom. The summed E-state index contributed by atoms with van der Waals surface area (Å²) in [5.41, 5.74) is 10.1. The molecule has 0 saturated heterocycles. The van der Waals surface area contributed by atoms with Gasteiger partial charge in [0.25, 0.3) is 0 Å². The van der Waals surface area contributed by atoms with E-state index in [9.17, 15) is 0 Å². The van der Waals surface area contributed by atoms with Gasteiger partial charge >= 0.3 is 0 Å². The number of nitrogen functional groups attached to an aromatic ring is 1. The van der Waals surface area contributed by atoms with Crippen molar-refractivity contribution in [3.63, 3.8) is 0 Å². The van der Waals surface area contributed by atoms with Gasteiger partial charge in [-0.2, -0.15) is 0 Å². The number of rotatable bonds is 2. The van der Waals surface area contributed by atoms with E-state index in [-0.39, 0.29) is 0 Å². The second-order valence-corrected chi connectivity index (χ2v) is 3.67. The predicted octanol–water partition coefficient (Wildman–Crippen LogP) is 2.53. The quantitative estimate of drug-likeness (QED) is 0.784. The zero-order chi connectivity index (χ0) is 10.8. The summed E-state index contributed by atoms with van der Waals surface area (Å²) >= 11 is 0. The van der Waals surface area contributed by atoms with Crippen LogP contribution in [0.15, 0.2) is 24.3 Å². The number of nitrogens with zero attached hydrogens (tertiary/aromatic N) is 1. The molecule has 1 aromatic heterocycles. The molecule has 0 aliphatic rings. The lowest BCUT2D eigenvalue weighted by Crippen LogP contribution is -1.86. The molecule has 0 aliphatic heterocycles. The maximum atomic E-state index is 5.66. The Balaban J connectivity index is 2.48. The molecule has 3 nitrogen and oxygen atoms in total. The fraction of sp³-hybridized carbons (Fsp3) is 0.250. The number of aromatic amines is 1. The molecule has 0 bridgehead atoms. The number of hydrogen-bond acceptors (Lipinski definition) is 2. The fourth-order valence-electron chi connectivity index (χ4n) is 1.64. The third-order valence-electron chi connectivity index (χ3n) is 2.48. The molecule has 78 valence electrons. The van der Waals surface area contributed by atoms with E-state index >= 15 is 0 Å². The Kier molecular flexibility index (Phi) is 2.46. The summed E-state index contributed by atoms with van der Waals surface area (Å²) in [5.74, 6) is 0.488. The molecule has 2 rings (SSSR count). The van der Waals surface area contributed by atoms with Crippen molar-refractivity contribution < 1.29 is 0 Å². The summed E-state index contributed by atoms with van der Waals surface area (Å²) in [6, 6.07) is 8.31. The zero-order valence-electron chi connectivity index (χ0n) is 9.04. The first-order valence-corrected chi connectivity index (χ1v) is 5.12. The lowest BCUT2D eigenvalue weighted by Gasteiger charge is -2.00. The standard InChI is InChI=1S/C12H15N3/c1-3-10-11(15-12(13)14-10)9-6-4-8(2)5-7-9/h4-7H,3H2,1-2H3,(H3,13,14,15). The molecule has 0 fully saturated rings. The molecule has 0 spiro atoms. The second-order valence-electron chi connectivity index (χ2n) is 3.67. The lowest BCUT2D eigenvalue weighted by atomic mass is 10.1. The van der Waals surface area contributed by atoms with Crippen molar-refractivity contribution >= 4 is 5.95 Å². The van der Waals surface area contributed by atoms with E-state index in [0.717, 1.165) is 23.4 Å². The molecule has 0 radical (unpaired) electrons. The van der Waals surface area contributed by atoms with Crippen LogP contribution in [0.25, 0.3) is 11.3 Å². The van der Waals surface area contributed by atoms with Crippen molar-refractivity contribution in [2.24, 2.45) is 0 Å². The van der Waals surface area contributed by atoms with E-state index in [0.29, 0.717) is 5.95 Å². The zero-order valence-corrected chi connectivity index (χ0v) is 9.04. The molecule has 0 amide bonds. The number of aryl methyl sites for hydroxylation is 2. The van der Waals surface area contributed by atoms with Gasteiger partial charge in [-0.15, -0.1) is 0 Å². The van der Waals surface area contributed by atoms with Gasteiger partial charge in [-0.1, -0.05) is 36.8 Å². The fourth-order valence-corrected chi connectivity index (χ4v) is 1.64. The topological polar surface area (TPSA) is 54.7 Å². The van der Waals surface area contributed by atoms with Gasteiger partial charge in [-0.25, -0.2) is 4.98 Å². The number of anilines is 1. The third-order valence-corrected chi connectivity index (χ3v) is 2.48. The highest BCUT2D eigenvalue weighted by Gasteiger charge is 2.08. The van der Waals surface area contributed by atoms with Gasteiger partial charge in [0.15, 0.2) is 5.95 Å². The Morgan fingerprint density at radius 1 is 1.27 bits per heavy atom. The van der Waals surface area contributed by atoms with E-state index in [1.807, 2.05) is 0 Å². The van der Waals surface area contributed by atoms with Crippen molar-refractivity contribution in [2.75, 3.05) is 5.73 Å². The average Bonchev–Trinajstić information content (AvgIpc) is 2.61. The summed E-state index contributed by atoms with van der Waals surface area (Å²) in [6.45, 7) is 4.16. The molecule has 1 aromatic carbocycles. The molecule has 15 heavy (non-hydrogen) atoms. The van der Waals surface area contributed by atoms with Crippen LogP contribution in [0.3, 0.4) is 0 Å². The Hall–Kier alpha value is -1.77. The first kappa shape index (κ1) is 9.77. The molecule has 1 heterocycles. The maximum absolute atomic E-state index is 5.66. The molecule has 0 saturated carbocycles. The number of aromatic nitrogens is 2. The summed E-state index contributed by atoms with van der Waals surface area (Å²) in [6.07, 6.45) is 0.910. The van der Waals surface area contributed by atoms with Gasteiger partial charge in [-0.3, -0.25) is 0 Å². The minimum Gasteiger partial charge on any atom is -0.369 e. The Labute approximate surface area is 89.4 Å². The largest absolute Gasteiger partial charge is 0.369 e. The first-order chi connectivity index (χ1) is 7.20. The lowest BCUT2D eigenvalue weighted by molar-refractivity contribution is 1.07. The SMILES string of the molecule is CCc1[nH]c(N)nc1-c1ccc(C)cc1. The van der Waals surface area contributed by atoms with Crippen LogP contribution in [0.4, 0.5) is 5.95 Å². The molecule has 0 aliphatic carbocycles. The Morgan fingerprint density at radius 2 is 1.93 bits per heavy atom. The van der Waals surface area contributed by atoms with Crippen molar-refractivity contribution in [1.29, 1.82) is 0 Å². The van der Waals surface area contributed by atoms with Crippen molar-refractivity contribution in [2.45, 2.75) is 20.3 Å². The summed E-state index contributed by atoms with van der Waals surface area (Å²) in [5, 5.41) is 0. The highest BCUT2D eigenvalue weighted by molar-refractivity contribution is 5.64. The van der Waals surface area contributed by atoms with Crippen LogP contribution in [0.1, 0.15) is 18.2 Å². The molecule has 3 heteroatoms. The van der Waals surface area contributed by atoms with E-state index in [1.54, 1.807) is 0 Å². The molecular formula is C12H15N3. The van der Waals surface area contributed by atoms with Gasteiger partial charge in [0.1, 0.15) is 0 Å². The first-order valence-electron chi connectivity index (χ1n) is 5.12. The highest BCUT2D eigenvalue weighted by Crippen LogP contribution is 2.23. The summed E-state index contributed by atoms with van der Waals surface area (Å²) in [7, 11) is 0. The molecule has 0 unspecified atom stereocenters. The normalized spacial score (nSPS) is 10.5. The van der Waals surface area contributed by atoms with Crippen LogP contribution >= 0.6 is 0 Å². The highest BCUT2D eigenvalue weighted by atomic mass is 15.0. The monoisotopic (exact) mass is 201 g/mol. The maximum Gasteiger partial charge on any atom is 0.198 e. The van der Waals surface area contributed by atoms with Crippen LogP contribution in [0.5, 0.6) is 0 Å². The van der Waals surface area contributed by atoms with Gasteiger partial charge in [0.05, 0.1) is 5.69 Å². The van der Waals surface area contributed by atoms with Crippen molar-refractivity contribution in [3.05, 3.63) is 35.5 Å². The number of hydrogen-bond donors (Lipinski definition) is 2. The summed E-state index contributed by atoms with van der Waals surface area (Å²) < 4.78 is 0. The molecule has 0 atom stereocenters. The number of benzene rings is 1. The second kappa shape index (κ2) is 3.77. The van der Waals surface area contributed by atoms with Crippen LogP contribution < -0.4 is 5.73 Å². The summed E-state index contributed by atoms with van der Waals surface area (Å²) in [4.78, 5) is 7.38. The van der Waals surface area contributed by atoms with Crippen LogP contribution in [-0.2, 0) is 6.42 Å². The molecule has 2 aromatic rings. The van der Waals surface area contributed by atoms with Crippen LogP contribution in [-0.4, -0.2) is 9.97 Å². The van der Waals surface area contributed by atoms with Gasteiger partial charge < -0.3 is 10.7 Å². The Bertz CT molecular complexity index is 454. The van der Waals surface area contributed by atoms with E-state index in [1.165, 1.54) is 5.56 Å². The van der Waals surface area contributed by atoms with E-state index in [2.05, 4.69) is 48.1 Å². The minimum atomic E-state index is 0.488. The number of H-pyrrole nitrogens is 1.